The van der Waals surface area contributed by atoms with Crippen LogP contribution in [0.25, 0.3) is 0 Å². The molecule has 118 valence electrons. The number of nitrogens with zero attached hydrogens (tertiary/aromatic N) is 1. The predicted molar refractivity (Wildman–Crippen MR) is 84.4 cm³/mol. The molecule has 1 fully saturated rings. The number of carbonyl (C=O) groups is 1. The van der Waals surface area contributed by atoms with Gasteiger partial charge in [-0.3, -0.25) is 4.79 Å². The monoisotopic (exact) mass is 314 g/mol. The molecule has 1 unspecified atom stereocenters. The van der Waals surface area contributed by atoms with Gasteiger partial charge in [0.05, 0.1) is 7.11 Å². The highest BCUT2D eigenvalue weighted by atomic mass is 35.5. The number of hydrogen-bond acceptors (Lipinski definition) is 4. The fourth-order valence-electron chi connectivity index (χ4n) is 2.31. The van der Waals surface area contributed by atoms with Crippen molar-refractivity contribution in [2.24, 2.45) is 0 Å². The molecule has 0 aromatic heterocycles. The second kappa shape index (κ2) is 8.10. The van der Waals surface area contributed by atoms with E-state index in [1.165, 1.54) is 0 Å². The van der Waals surface area contributed by atoms with E-state index in [2.05, 4.69) is 5.32 Å². The Balaban J connectivity index is 0.00000220. The third kappa shape index (κ3) is 4.51. The van der Waals surface area contributed by atoms with Gasteiger partial charge in [-0.1, -0.05) is 0 Å². The van der Waals surface area contributed by atoms with Crippen LogP contribution in [0.4, 0.5) is 0 Å². The van der Waals surface area contributed by atoms with E-state index in [4.69, 9.17) is 9.47 Å². The van der Waals surface area contributed by atoms with Gasteiger partial charge in [0, 0.05) is 25.7 Å². The van der Waals surface area contributed by atoms with Crippen molar-refractivity contribution in [1.29, 1.82) is 0 Å². The Morgan fingerprint density at radius 1 is 1.33 bits per heavy atom. The summed E-state index contributed by atoms with van der Waals surface area (Å²) in [7, 11) is 1.62. The van der Waals surface area contributed by atoms with Crippen molar-refractivity contribution in [3.05, 3.63) is 24.3 Å². The Morgan fingerprint density at radius 2 is 1.95 bits per heavy atom. The van der Waals surface area contributed by atoms with Crippen LogP contribution < -0.4 is 14.8 Å². The van der Waals surface area contributed by atoms with Gasteiger partial charge in [0.2, 0.25) is 0 Å². The van der Waals surface area contributed by atoms with Crippen molar-refractivity contribution in [2.75, 3.05) is 26.7 Å². The van der Waals surface area contributed by atoms with Crippen LogP contribution in [0.2, 0.25) is 0 Å². The molecule has 1 N–H and O–H groups in total. The molecule has 2 rings (SSSR count). The topological polar surface area (TPSA) is 50.8 Å². The SMILES string of the molecule is COc1ccc(OC(C)C(=O)N2CCNC[C@@H]2C)cc1.Cl. The minimum atomic E-state index is -0.482. The summed E-state index contributed by atoms with van der Waals surface area (Å²) in [6.45, 7) is 6.24. The lowest BCUT2D eigenvalue weighted by Crippen LogP contribution is -2.55. The molecule has 0 radical (unpaired) electrons. The molecule has 5 nitrogen and oxygen atoms in total. The summed E-state index contributed by atoms with van der Waals surface area (Å²) in [5, 5.41) is 3.27. The Bertz CT molecular complexity index is 453. The summed E-state index contributed by atoms with van der Waals surface area (Å²) in [5.74, 6) is 1.48. The van der Waals surface area contributed by atoms with Crippen LogP contribution in [0.15, 0.2) is 24.3 Å². The summed E-state index contributed by atoms with van der Waals surface area (Å²) in [6, 6.07) is 7.46. The highest BCUT2D eigenvalue weighted by molar-refractivity contribution is 5.85. The molecule has 6 heteroatoms. The molecule has 1 aromatic rings. The Labute approximate surface area is 132 Å². The van der Waals surface area contributed by atoms with Crippen LogP contribution in [0.5, 0.6) is 11.5 Å². The van der Waals surface area contributed by atoms with Crippen molar-refractivity contribution in [1.82, 2.24) is 10.2 Å². The maximum absolute atomic E-state index is 12.4. The van der Waals surface area contributed by atoms with E-state index < -0.39 is 6.10 Å². The fraction of sp³-hybridized carbons (Fsp3) is 0.533. The third-order valence-corrected chi connectivity index (χ3v) is 3.50. The van der Waals surface area contributed by atoms with E-state index >= 15 is 0 Å². The zero-order chi connectivity index (χ0) is 14.5. The number of rotatable bonds is 4. The minimum Gasteiger partial charge on any atom is -0.497 e. The lowest BCUT2D eigenvalue weighted by atomic mass is 10.2. The van der Waals surface area contributed by atoms with Gasteiger partial charge < -0.3 is 19.7 Å². The molecule has 1 amide bonds. The molecule has 21 heavy (non-hydrogen) atoms. The van der Waals surface area contributed by atoms with E-state index in [0.29, 0.717) is 5.75 Å². The van der Waals surface area contributed by atoms with Crippen molar-refractivity contribution >= 4 is 18.3 Å². The van der Waals surface area contributed by atoms with Crippen LogP contribution in [-0.4, -0.2) is 49.7 Å². The number of piperazine rings is 1. The maximum atomic E-state index is 12.4. The van der Waals surface area contributed by atoms with Crippen LogP contribution in [0.1, 0.15) is 13.8 Å². The first-order valence-corrected chi connectivity index (χ1v) is 6.93. The highest BCUT2D eigenvalue weighted by Gasteiger charge is 2.27. The molecule has 0 aliphatic carbocycles. The lowest BCUT2D eigenvalue weighted by Gasteiger charge is -2.35. The summed E-state index contributed by atoms with van der Waals surface area (Å²) in [6.07, 6.45) is -0.482. The largest absolute Gasteiger partial charge is 0.497 e. The number of ether oxygens (including phenoxy) is 2. The van der Waals surface area contributed by atoms with Crippen LogP contribution in [0, 0.1) is 0 Å². The second-order valence-corrected chi connectivity index (χ2v) is 5.02. The van der Waals surface area contributed by atoms with Gasteiger partial charge in [-0.05, 0) is 38.1 Å². The second-order valence-electron chi connectivity index (χ2n) is 5.02. The summed E-state index contributed by atoms with van der Waals surface area (Å²) in [4.78, 5) is 14.3. The van der Waals surface area contributed by atoms with Crippen molar-refractivity contribution in [3.63, 3.8) is 0 Å². The lowest BCUT2D eigenvalue weighted by molar-refractivity contribution is -0.140. The fourth-order valence-corrected chi connectivity index (χ4v) is 2.31. The first kappa shape index (κ1) is 17.6. The average molecular weight is 315 g/mol. The van der Waals surface area contributed by atoms with E-state index in [1.54, 1.807) is 14.0 Å². The van der Waals surface area contributed by atoms with Crippen molar-refractivity contribution < 1.29 is 14.3 Å². The van der Waals surface area contributed by atoms with Gasteiger partial charge in [0.25, 0.3) is 5.91 Å². The molecule has 1 aromatic carbocycles. The van der Waals surface area contributed by atoms with Crippen LogP contribution in [-0.2, 0) is 4.79 Å². The smallest absolute Gasteiger partial charge is 0.263 e. The van der Waals surface area contributed by atoms with E-state index in [0.717, 1.165) is 25.4 Å². The van der Waals surface area contributed by atoms with Gasteiger partial charge >= 0.3 is 0 Å². The standard InChI is InChI=1S/C15H22N2O3.ClH/c1-11-10-16-8-9-17(11)15(18)12(2)20-14-6-4-13(19-3)5-7-14;/h4-7,11-12,16H,8-10H2,1-3H3;1H/t11-,12?;/m0./s1. The van der Waals surface area contributed by atoms with Crippen LogP contribution in [0.3, 0.4) is 0 Å². The Morgan fingerprint density at radius 3 is 2.52 bits per heavy atom. The molecule has 1 saturated heterocycles. The third-order valence-electron chi connectivity index (χ3n) is 3.50. The molecular formula is C15H23ClN2O3. The molecule has 2 atom stereocenters. The summed E-state index contributed by atoms with van der Waals surface area (Å²) >= 11 is 0. The molecule has 1 aliphatic rings. The normalized spacial score (nSPS) is 19.4. The van der Waals surface area contributed by atoms with E-state index in [-0.39, 0.29) is 24.4 Å². The zero-order valence-corrected chi connectivity index (χ0v) is 13.5. The van der Waals surface area contributed by atoms with E-state index in [9.17, 15) is 4.79 Å². The minimum absolute atomic E-state index is 0. The zero-order valence-electron chi connectivity index (χ0n) is 12.7. The van der Waals surface area contributed by atoms with Gasteiger partial charge in [0.1, 0.15) is 11.5 Å². The molecular weight excluding hydrogens is 292 g/mol. The number of hydrogen-bond donors (Lipinski definition) is 1. The van der Waals surface area contributed by atoms with Gasteiger partial charge in [-0.15, -0.1) is 12.4 Å². The van der Waals surface area contributed by atoms with Crippen LogP contribution >= 0.6 is 12.4 Å². The summed E-state index contributed by atoms with van der Waals surface area (Å²) in [5.41, 5.74) is 0. The molecule has 1 aliphatic heterocycles. The first-order valence-electron chi connectivity index (χ1n) is 6.93. The number of nitrogens with one attached hydrogen (secondary N) is 1. The number of benzene rings is 1. The molecule has 0 saturated carbocycles. The number of methoxy groups -OCH3 is 1. The number of amides is 1. The van der Waals surface area contributed by atoms with Gasteiger partial charge in [0.15, 0.2) is 6.10 Å². The molecule has 1 heterocycles. The highest BCUT2D eigenvalue weighted by Crippen LogP contribution is 2.19. The quantitative estimate of drug-likeness (QED) is 0.919. The van der Waals surface area contributed by atoms with Gasteiger partial charge in [-0.2, -0.15) is 0 Å². The molecule has 0 spiro atoms. The number of carbonyl (C=O) groups excluding carboxylic acids is 1. The first-order chi connectivity index (χ1) is 9.61. The van der Waals surface area contributed by atoms with Crippen molar-refractivity contribution in [2.45, 2.75) is 26.0 Å². The van der Waals surface area contributed by atoms with Crippen molar-refractivity contribution in [3.8, 4) is 11.5 Å². The predicted octanol–water partition coefficient (Wildman–Crippen LogP) is 1.70. The summed E-state index contributed by atoms with van der Waals surface area (Å²) < 4.78 is 10.8. The molecule has 0 bridgehead atoms. The maximum Gasteiger partial charge on any atom is 0.263 e. The van der Waals surface area contributed by atoms with E-state index in [1.807, 2.05) is 36.1 Å². The average Bonchev–Trinajstić information content (AvgIpc) is 2.48. The number of halogens is 1. The Hall–Kier alpha value is -1.46. The Kier molecular flexibility index (Phi) is 6.78. The van der Waals surface area contributed by atoms with Gasteiger partial charge in [-0.25, -0.2) is 0 Å².